The van der Waals surface area contributed by atoms with Gasteiger partial charge in [-0.3, -0.25) is 4.90 Å². The van der Waals surface area contributed by atoms with E-state index in [9.17, 15) is 9.90 Å². The molecule has 0 aliphatic carbocycles. The molecular formula is C25H34N2O5. The van der Waals surface area contributed by atoms with Crippen molar-refractivity contribution in [1.82, 2.24) is 4.90 Å². The number of hydrogen-bond acceptors (Lipinski definition) is 7. The summed E-state index contributed by atoms with van der Waals surface area (Å²) in [6.45, 7) is 7.82. The second kappa shape index (κ2) is 13.1. The molecule has 174 valence electrons. The van der Waals surface area contributed by atoms with Crippen molar-refractivity contribution in [3.05, 3.63) is 60.2 Å². The summed E-state index contributed by atoms with van der Waals surface area (Å²) in [4.78, 5) is 16.8. The smallest absolute Gasteiger partial charge is 0.338 e. The van der Waals surface area contributed by atoms with Crippen LogP contribution in [0.25, 0.3) is 0 Å². The lowest BCUT2D eigenvalue weighted by atomic mass is 10.2. The topological polar surface area (TPSA) is 71.5 Å². The lowest BCUT2D eigenvalue weighted by Crippen LogP contribution is -2.49. The third-order valence-corrected chi connectivity index (χ3v) is 5.30. The number of para-hydroxylation sites is 1. The summed E-state index contributed by atoms with van der Waals surface area (Å²) in [5, 5.41) is 10.3. The number of esters is 1. The Hall–Kier alpha value is -2.61. The number of anilines is 1. The van der Waals surface area contributed by atoms with Gasteiger partial charge in [-0.05, 0) is 42.8 Å². The molecule has 0 bridgehead atoms. The highest BCUT2D eigenvalue weighted by Crippen LogP contribution is 2.16. The Kier molecular flexibility index (Phi) is 9.81. The Bertz CT molecular complexity index is 792. The molecule has 1 saturated heterocycles. The molecule has 1 unspecified atom stereocenters. The summed E-state index contributed by atoms with van der Waals surface area (Å²) in [6, 6.07) is 17.1. The van der Waals surface area contributed by atoms with Crippen LogP contribution >= 0.6 is 0 Å². The number of rotatable bonds is 12. The number of ether oxygens (including phenoxy) is 3. The number of hydrogen-bond donors (Lipinski definition) is 1. The number of carbonyl (C=O) groups excluding carboxylic acids is 1. The Balaban J connectivity index is 1.33. The molecule has 1 atom stereocenters. The van der Waals surface area contributed by atoms with Crippen LogP contribution in [0.4, 0.5) is 5.69 Å². The Labute approximate surface area is 190 Å². The fourth-order valence-corrected chi connectivity index (χ4v) is 3.59. The predicted molar refractivity (Wildman–Crippen MR) is 124 cm³/mol. The van der Waals surface area contributed by atoms with Gasteiger partial charge in [0.1, 0.15) is 25.1 Å². The van der Waals surface area contributed by atoms with E-state index >= 15 is 0 Å². The number of nitrogens with zero attached hydrogens (tertiary/aromatic N) is 2. The minimum atomic E-state index is -0.715. The standard InChI is InChI=1S/C25H34N2O5/c1-2-16-30-17-18-31-24-10-8-21(9-11-24)25(29)32-20-23(28)19-26-12-14-27(15-13-26)22-6-4-3-5-7-22/h3-11,23,28H,2,12-20H2,1H3. The van der Waals surface area contributed by atoms with Crippen LogP contribution in [-0.2, 0) is 9.47 Å². The summed E-state index contributed by atoms with van der Waals surface area (Å²) >= 11 is 0. The predicted octanol–water partition coefficient (Wildman–Crippen LogP) is 2.83. The molecule has 1 fully saturated rings. The van der Waals surface area contributed by atoms with E-state index in [0.717, 1.165) is 39.2 Å². The fourth-order valence-electron chi connectivity index (χ4n) is 3.59. The summed E-state index contributed by atoms with van der Waals surface area (Å²) in [5.41, 5.74) is 1.66. The average Bonchev–Trinajstić information content (AvgIpc) is 2.84. The van der Waals surface area contributed by atoms with Gasteiger partial charge in [0.25, 0.3) is 0 Å². The van der Waals surface area contributed by atoms with Gasteiger partial charge in [-0.1, -0.05) is 25.1 Å². The molecule has 32 heavy (non-hydrogen) atoms. The zero-order valence-corrected chi connectivity index (χ0v) is 18.8. The number of carbonyl (C=O) groups is 1. The van der Waals surface area contributed by atoms with Crippen LogP contribution < -0.4 is 9.64 Å². The molecule has 1 aliphatic heterocycles. The van der Waals surface area contributed by atoms with Gasteiger partial charge in [-0.25, -0.2) is 4.79 Å². The largest absolute Gasteiger partial charge is 0.491 e. The summed E-state index contributed by atoms with van der Waals surface area (Å²) < 4.78 is 16.3. The number of piperazine rings is 1. The highest BCUT2D eigenvalue weighted by Gasteiger charge is 2.20. The summed E-state index contributed by atoms with van der Waals surface area (Å²) in [7, 11) is 0. The second-order valence-electron chi connectivity index (χ2n) is 7.86. The van der Waals surface area contributed by atoms with Gasteiger partial charge in [-0.2, -0.15) is 0 Å². The number of benzene rings is 2. The van der Waals surface area contributed by atoms with Crippen molar-refractivity contribution in [3.63, 3.8) is 0 Å². The normalized spacial score (nSPS) is 15.4. The maximum Gasteiger partial charge on any atom is 0.338 e. The molecular weight excluding hydrogens is 408 g/mol. The molecule has 1 N–H and O–H groups in total. The van der Waals surface area contributed by atoms with Crippen molar-refractivity contribution in [1.29, 1.82) is 0 Å². The zero-order valence-electron chi connectivity index (χ0n) is 18.8. The van der Waals surface area contributed by atoms with E-state index in [4.69, 9.17) is 14.2 Å². The molecule has 2 aromatic rings. The van der Waals surface area contributed by atoms with E-state index in [0.29, 0.717) is 31.1 Å². The SMILES string of the molecule is CCCOCCOc1ccc(C(=O)OCC(O)CN2CCN(c3ccccc3)CC2)cc1. The minimum absolute atomic E-state index is 0.0231. The molecule has 0 spiro atoms. The van der Waals surface area contributed by atoms with Crippen molar-refractivity contribution in [3.8, 4) is 5.75 Å². The van der Waals surface area contributed by atoms with Gasteiger partial charge in [0.2, 0.25) is 0 Å². The number of aliphatic hydroxyl groups is 1. The van der Waals surface area contributed by atoms with Crippen LogP contribution in [0.15, 0.2) is 54.6 Å². The van der Waals surface area contributed by atoms with Gasteiger partial charge in [-0.15, -0.1) is 0 Å². The highest BCUT2D eigenvalue weighted by atomic mass is 16.5. The Morgan fingerprint density at radius 1 is 0.969 bits per heavy atom. The summed E-state index contributed by atoms with van der Waals surface area (Å²) in [6.07, 6.45) is 0.268. The monoisotopic (exact) mass is 442 g/mol. The van der Waals surface area contributed by atoms with Crippen molar-refractivity contribution in [2.75, 3.05) is 64.1 Å². The molecule has 1 heterocycles. The Morgan fingerprint density at radius 3 is 2.38 bits per heavy atom. The van der Waals surface area contributed by atoms with E-state index < -0.39 is 12.1 Å². The maximum atomic E-state index is 12.3. The number of aliphatic hydroxyl groups excluding tert-OH is 1. The first kappa shape index (κ1) is 24.0. The average molecular weight is 443 g/mol. The van der Waals surface area contributed by atoms with Gasteiger partial charge in [0, 0.05) is 45.0 Å². The van der Waals surface area contributed by atoms with Crippen LogP contribution in [-0.4, -0.2) is 81.2 Å². The number of β-amino-alcohol motifs (C(OH)–C–C–N with tert-alkyl or cyclic N) is 1. The molecule has 0 aromatic heterocycles. The van der Waals surface area contributed by atoms with E-state index in [2.05, 4.69) is 28.9 Å². The van der Waals surface area contributed by atoms with Gasteiger partial charge in [0.05, 0.1) is 12.2 Å². The van der Waals surface area contributed by atoms with Crippen LogP contribution in [0.1, 0.15) is 23.7 Å². The van der Waals surface area contributed by atoms with Crippen molar-refractivity contribution in [2.45, 2.75) is 19.4 Å². The molecule has 1 aliphatic rings. The van der Waals surface area contributed by atoms with Crippen LogP contribution in [0.2, 0.25) is 0 Å². The zero-order chi connectivity index (χ0) is 22.6. The van der Waals surface area contributed by atoms with Crippen LogP contribution in [0.5, 0.6) is 5.75 Å². The van der Waals surface area contributed by atoms with Gasteiger partial charge >= 0.3 is 5.97 Å². The van der Waals surface area contributed by atoms with Gasteiger partial charge in [0.15, 0.2) is 0 Å². The highest BCUT2D eigenvalue weighted by molar-refractivity contribution is 5.89. The van der Waals surface area contributed by atoms with Crippen LogP contribution in [0, 0.1) is 0 Å². The van der Waals surface area contributed by atoms with E-state index in [-0.39, 0.29) is 6.61 Å². The van der Waals surface area contributed by atoms with Crippen molar-refractivity contribution < 1.29 is 24.1 Å². The Morgan fingerprint density at radius 2 is 1.69 bits per heavy atom. The third kappa shape index (κ3) is 7.82. The molecule has 0 saturated carbocycles. The van der Waals surface area contributed by atoms with E-state index in [1.165, 1.54) is 5.69 Å². The molecule has 0 amide bonds. The molecule has 3 rings (SSSR count). The molecule has 7 heteroatoms. The quantitative estimate of drug-likeness (QED) is 0.400. The van der Waals surface area contributed by atoms with E-state index in [1.54, 1.807) is 24.3 Å². The first-order valence-electron chi connectivity index (χ1n) is 11.3. The lowest BCUT2D eigenvalue weighted by molar-refractivity contribution is 0.0152. The molecule has 0 radical (unpaired) electrons. The van der Waals surface area contributed by atoms with Crippen LogP contribution in [0.3, 0.4) is 0 Å². The van der Waals surface area contributed by atoms with E-state index in [1.807, 2.05) is 18.2 Å². The van der Waals surface area contributed by atoms with Crippen molar-refractivity contribution in [2.24, 2.45) is 0 Å². The maximum absolute atomic E-state index is 12.3. The summed E-state index contributed by atoms with van der Waals surface area (Å²) in [5.74, 6) is 0.229. The first-order valence-corrected chi connectivity index (χ1v) is 11.3. The first-order chi connectivity index (χ1) is 15.7. The third-order valence-electron chi connectivity index (χ3n) is 5.30. The lowest BCUT2D eigenvalue weighted by Gasteiger charge is -2.36. The van der Waals surface area contributed by atoms with Gasteiger partial charge < -0.3 is 24.2 Å². The van der Waals surface area contributed by atoms with Crippen molar-refractivity contribution >= 4 is 11.7 Å². The fraction of sp³-hybridized carbons (Fsp3) is 0.480. The minimum Gasteiger partial charge on any atom is -0.491 e. The molecule has 2 aromatic carbocycles. The molecule has 7 nitrogen and oxygen atoms in total. The second-order valence-corrected chi connectivity index (χ2v) is 7.86.